The summed E-state index contributed by atoms with van der Waals surface area (Å²) in [6.45, 7) is 5.68. The third-order valence-corrected chi connectivity index (χ3v) is 11.7. The Morgan fingerprint density at radius 2 is 1.77 bits per heavy atom. The molecule has 10 nitrogen and oxygen atoms in total. The number of rotatable bonds is 1. The molecule has 4 aliphatic carbocycles. The number of carbonyl (C=O) groups excluding carboxylic acids is 2. The molecular formula is C29H38O10. The number of carbonyl (C=O) groups is 2. The summed E-state index contributed by atoms with van der Waals surface area (Å²) >= 11 is 0. The Morgan fingerprint density at radius 3 is 2.49 bits per heavy atom. The predicted octanol–water partition coefficient (Wildman–Crippen LogP) is 1.81. The maximum Gasteiger partial charge on any atom is 0.331 e. The summed E-state index contributed by atoms with van der Waals surface area (Å²) in [6.07, 6.45) is 1.24. The first kappa shape index (κ1) is 26.1. The van der Waals surface area contributed by atoms with Crippen LogP contribution in [0.25, 0.3) is 0 Å². The summed E-state index contributed by atoms with van der Waals surface area (Å²) < 4.78 is 23.3. The van der Waals surface area contributed by atoms with Gasteiger partial charge in [-0.1, -0.05) is 6.92 Å². The van der Waals surface area contributed by atoms with Gasteiger partial charge in [0.15, 0.2) is 5.76 Å². The van der Waals surface area contributed by atoms with E-state index in [-0.39, 0.29) is 30.8 Å². The number of ether oxygens (including phenoxy) is 4. The molecule has 0 radical (unpaired) electrons. The van der Waals surface area contributed by atoms with Crippen molar-refractivity contribution in [1.29, 1.82) is 0 Å². The van der Waals surface area contributed by atoms with Crippen molar-refractivity contribution in [3.05, 3.63) is 23.0 Å². The molecule has 0 bridgehead atoms. The van der Waals surface area contributed by atoms with Gasteiger partial charge in [-0.25, -0.2) is 4.79 Å². The summed E-state index contributed by atoms with van der Waals surface area (Å²) in [5.74, 6) is -3.95. The second-order valence-corrected chi connectivity index (χ2v) is 13.4. The topological polar surface area (TPSA) is 152 Å². The summed E-state index contributed by atoms with van der Waals surface area (Å²) in [5.41, 5.74) is -1.99. The third kappa shape index (κ3) is 3.19. The molecule has 7 rings (SSSR count). The van der Waals surface area contributed by atoms with Gasteiger partial charge in [-0.2, -0.15) is 0 Å². The monoisotopic (exact) mass is 546 g/mol. The summed E-state index contributed by atoms with van der Waals surface area (Å²) in [4.78, 5) is 25.9. The molecule has 39 heavy (non-hydrogen) atoms. The molecule has 10 heteroatoms. The van der Waals surface area contributed by atoms with Crippen LogP contribution in [0.15, 0.2) is 23.0 Å². The Kier molecular flexibility index (Phi) is 5.45. The van der Waals surface area contributed by atoms with Crippen LogP contribution in [0.1, 0.15) is 65.7 Å². The van der Waals surface area contributed by atoms with Crippen LogP contribution >= 0.6 is 0 Å². The highest BCUT2D eigenvalue weighted by Crippen LogP contribution is 2.68. The van der Waals surface area contributed by atoms with Gasteiger partial charge >= 0.3 is 5.97 Å². The number of aliphatic hydroxyl groups excluding tert-OH is 2. The number of esters is 1. The van der Waals surface area contributed by atoms with Crippen LogP contribution in [0, 0.1) is 28.6 Å². The average Bonchev–Trinajstić information content (AvgIpc) is 3.42. The Balaban J connectivity index is 1.25. The molecular weight excluding hydrogens is 508 g/mol. The Labute approximate surface area is 226 Å². The zero-order valence-corrected chi connectivity index (χ0v) is 22.6. The zero-order valence-electron chi connectivity index (χ0n) is 22.6. The normalized spacial score (nSPS) is 54.7. The van der Waals surface area contributed by atoms with Gasteiger partial charge in [0.1, 0.15) is 12.7 Å². The summed E-state index contributed by atoms with van der Waals surface area (Å²) in [7, 11) is 0. The van der Waals surface area contributed by atoms with Crippen molar-refractivity contribution in [1.82, 2.24) is 0 Å². The minimum Gasteiger partial charge on any atom is -0.504 e. The molecule has 0 spiro atoms. The van der Waals surface area contributed by atoms with Gasteiger partial charge in [-0.15, -0.1) is 0 Å². The van der Waals surface area contributed by atoms with Gasteiger partial charge < -0.3 is 39.4 Å². The largest absolute Gasteiger partial charge is 0.504 e. The summed E-state index contributed by atoms with van der Waals surface area (Å²) in [5, 5.41) is 45.8. The molecule has 3 aliphatic heterocycles. The van der Waals surface area contributed by atoms with E-state index in [9.17, 15) is 30.0 Å². The van der Waals surface area contributed by atoms with E-state index in [4.69, 9.17) is 18.9 Å². The van der Waals surface area contributed by atoms with Crippen LogP contribution in [0.3, 0.4) is 0 Å². The van der Waals surface area contributed by atoms with Crippen LogP contribution in [0.4, 0.5) is 0 Å². The van der Waals surface area contributed by atoms with Crippen molar-refractivity contribution in [2.24, 2.45) is 28.6 Å². The molecule has 2 saturated heterocycles. The Bertz CT molecular complexity index is 1190. The highest BCUT2D eigenvalue weighted by Gasteiger charge is 2.72. The summed E-state index contributed by atoms with van der Waals surface area (Å²) in [6, 6.07) is 0. The molecule has 214 valence electrons. The van der Waals surface area contributed by atoms with Gasteiger partial charge in [0, 0.05) is 18.4 Å². The SMILES string of the molecule is C[C@@H]1C[C@@H](O)[C@]2(O)O[C@@H]3CC4CC[C@@H]5C(=C(O)C(=O)[C@]6(C)[C@@H](C7=CC(=O)OC7)CC[C@]56O)[C@@]4(C)C[C@H]3O[C@@H]2O1. The Morgan fingerprint density at radius 1 is 1.00 bits per heavy atom. The fourth-order valence-corrected chi connectivity index (χ4v) is 9.55. The smallest absolute Gasteiger partial charge is 0.331 e. The maximum atomic E-state index is 14.1. The van der Waals surface area contributed by atoms with Crippen LogP contribution in [0.2, 0.25) is 0 Å². The quantitative estimate of drug-likeness (QED) is 0.283. The number of Topliss-reactive ketones (excluding diaryl/α,β-unsaturated/α-hetero) is 1. The van der Waals surface area contributed by atoms with Crippen LogP contribution in [0.5, 0.6) is 0 Å². The number of allylic oxidation sites excluding steroid dienone is 1. The van der Waals surface area contributed by atoms with Gasteiger partial charge in [-0.3, -0.25) is 4.79 Å². The number of hydrogen-bond donors (Lipinski definition) is 4. The lowest BCUT2D eigenvalue weighted by Crippen LogP contribution is -2.70. The molecule has 3 heterocycles. The first-order valence-electron chi connectivity index (χ1n) is 14.3. The Hall–Kier alpha value is -1.82. The van der Waals surface area contributed by atoms with Gasteiger partial charge in [0.25, 0.3) is 0 Å². The second kappa shape index (κ2) is 8.14. The van der Waals surface area contributed by atoms with E-state index in [1.165, 1.54) is 6.08 Å². The highest BCUT2D eigenvalue weighted by atomic mass is 16.8. The second-order valence-electron chi connectivity index (χ2n) is 13.4. The lowest BCUT2D eigenvalue weighted by molar-refractivity contribution is -0.456. The van der Waals surface area contributed by atoms with Crippen LogP contribution in [-0.2, 0) is 28.5 Å². The van der Waals surface area contributed by atoms with Crippen molar-refractivity contribution < 1.29 is 49.0 Å². The zero-order chi connectivity index (χ0) is 27.7. The van der Waals surface area contributed by atoms with Crippen molar-refractivity contribution in [3.63, 3.8) is 0 Å². The average molecular weight is 547 g/mol. The molecule has 0 aromatic heterocycles. The molecule has 5 fully saturated rings. The predicted molar refractivity (Wildman–Crippen MR) is 133 cm³/mol. The lowest BCUT2D eigenvalue weighted by Gasteiger charge is -2.62. The van der Waals surface area contributed by atoms with Crippen molar-refractivity contribution >= 4 is 11.8 Å². The fourth-order valence-electron chi connectivity index (χ4n) is 9.55. The van der Waals surface area contributed by atoms with Crippen LogP contribution in [-0.4, -0.2) is 80.9 Å². The molecule has 12 atom stereocenters. The number of ketones is 1. The van der Waals surface area contributed by atoms with E-state index < -0.39 is 70.4 Å². The van der Waals surface area contributed by atoms with E-state index >= 15 is 0 Å². The van der Waals surface area contributed by atoms with Crippen molar-refractivity contribution in [2.45, 2.75) is 108 Å². The van der Waals surface area contributed by atoms with Gasteiger partial charge in [-0.05, 0) is 80.8 Å². The lowest BCUT2D eigenvalue weighted by atomic mass is 9.46. The van der Waals surface area contributed by atoms with Crippen molar-refractivity contribution in [2.75, 3.05) is 6.61 Å². The van der Waals surface area contributed by atoms with E-state index in [0.29, 0.717) is 43.3 Å². The van der Waals surface area contributed by atoms with Crippen LogP contribution < -0.4 is 0 Å². The first-order valence-corrected chi connectivity index (χ1v) is 14.3. The number of hydrogen-bond acceptors (Lipinski definition) is 10. The fraction of sp³-hybridized carbons (Fsp3) is 0.793. The molecule has 7 aliphatic rings. The molecule has 4 N–H and O–H groups in total. The van der Waals surface area contributed by atoms with Gasteiger partial charge in [0.05, 0.1) is 29.3 Å². The molecule has 0 amide bonds. The number of fused-ring (bicyclic) bond motifs is 7. The van der Waals surface area contributed by atoms with E-state index in [1.807, 2.05) is 6.92 Å². The third-order valence-electron chi connectivity index (χ3n) is 11.7. The first-order chi connectivity index (χ1) is 18.3. The molecule has 3 saturated carbocycles. The standard InChI is InChI=1S/C29H38O10/c1-13-8-20(30)29(35)25(37-13)38-19-11-26(2)15(10-18(19)39-29)4-5-17-22(26)23(32)24(33)27(3)16(6-7-28(17,27)34)14-9-21(31)36-12-14/h9,13,15-20,25,30,32,34-35H,4-8,10-12H2,1-3H3/t13-,15?,16-,17-,18-,19-,20-,25+,26+,27+,28+,29+/m1/s1. The van der Waals surface area contributed by atoms with Crippen molar-refractivity contribution in [3.8, 4) is 0 Å². The minimum absolute atomic E-state index is 0.0120. The molecule has 0 aromatic rings. The van der Waals surface area contributed by atoms with E-state index in [2.05, 4.69) is 0 Å². The van der Waals surface area contributed by atoms with E-state index in [0.717, 1.165) is 6.42 Å². The maximum absolute atomic E-state index is 14.1. The molecule has 1 unspecified atom stereocenters. The highest BCUT2D eigenvalue weighted by molar-refractivity contribution is 6.02. The van der Waals surface area contributed by atoms with E-state index in [1.54, 1.807) is 13.8 Å². The number of cyclic esters (lactones) is 1. The minimum atomic E-state index is -1.95. The molecule has 0 aromatic carbocycles. The number of aliphatic hydroxyl groups is 4. The van der Waals surface area contributed by atoms with Gasteiger partial charge in [0.2, 0.25) is 17.9 Å².